The Morgan fingerprint density at radius 3 is 2.08 bits per heavy atom. The highest BCUT2D eigenvalue weighted by atomic mass is 79.9. The number of carbonyl (C=O) groups is 2. The molecular weight excluding hydrogens is 400 g/mol. The van der Waals surface area contributed by atoms with E-state index in [4.69, 9.17) is 11.6 Å². The largest absolute Gasteiger partial charge is 0.277 e. The lowest BCUT2D eigenvalue weighted by atomic mass is 10.1. The number of hydrogen-bond acceptors (Lipinski definition) is 4. The van der Waals surface area contributed by atoms with Crippen molar-refractivity contribution in [1.82, 2.24) is 0 Å². The van der Waals surface area contributed by atoms with Crippen molar-refractivity contribution in [3.8, 4) is 0 Å². The van der Waals surface area contributed by atoms with Crippen molar-refractivity contribution in [2.24, 2.45) is 0 Å². The van der Waals surface area contributed by atoms with Crippen LogP contribution in [0.25, 0.3) is 5.57 Å². The maximum Gasteiger partial charge on any atom is 0.277 e. The molecule has 2 aromatic carbocycles. The molecule has 0 saturated heterocycles. The molecule has 2 amide bonds. The van der Waals surface area contributed by atoms with Crippen LogP contribution in [-0.4, -0.2) is 16.7 Å². The zero-order valence-electron chi connectivity index (χ0n) is 11.9. The van der Waals surface area contributed by atoms with Crippen LogP contribution in [0, 0.1) is 10.1 Å². The first-order valence-corrected chi connectivity index (χ1v) is 7.86. The second-order valence-corrected chi connectivity index (χ2v) is 6.21. The Morgan fingerprint density at radius 2 is 1.54 bits per heavy atom. The number of imide groups is 1. The zero-order valence-corrected chi connectivity index (χ0v) is 14.2. The Hall–Kier alpha value is -2.51. The summed E-state index contributed by atoms with van der Waals surface area (Å²) in [5.41, 5.74) is 0.656. The van der Waals surface area contributed by atoms with Crippen molar-refractivity contribution in [2.75, 3.05) is 4.90 Å². The van der Waals surface area contributed by atoms with Gasteiger partial charge in [-0.3, -0.25) is 19.7 Å². The number of halogens is 2. The summed E-state index contributed by atoms with van der Waals surface area (Å²) in [7, 11) is 0. The van der Waals surface area contributed by atoms with E-state index >= 15 is 0 Å². The summed E-state index contributed by atoms with van der Waals surface area (Å²) in [6.45, 7) is 0. The summed E-state index contributed by atoms with van der Waals surface area (Å²) in [6, 6.07) is 11.9. The third-order valence-corrected chi connectivity index (χ3v) is 4.36. The average molecular weight is 408 g/mol. The molecule has 0 fully saturated rings. The van der Waals surface area contributed by atoms with E-state index in [-0.39, 0.29) is 16.3 Å². The normalized spacial score (nSPS) is 14.5. The summed E-state index contributed by atoms with van der Waals surface area (Å²) >= 11 is 9.34. The smallest absolute Gasteiger partial charge is 0.268 e. The van der Waals surface area contributed by atoms with Gasteiger partial charge in [0.25, 0.3) is 17.5 Å². The van der Waals surface area contributed by atoms with E-state index in [0.29, 0.717) is 11.3 Å². The van der Waals surface area contributed by atoms with E-state index in [9.17, 15) is 19.7 Å². The average Bonchev–Trinajstić information content (AvgIpc) is 2.78. The molecule has 120 valence electrons. The number of amides is 2. The minimum Gasteiger partial charge on any atom is -0.268 e. The van der Waals surface area contributed by atoms with Crippen LogP contribution >= 0.6 is 27.5 Å². The molecule has 6 nitrogen and oxygen atoms in total. The van der Waals surface area contributed by atoms with E-state index in [0.717, 1.165) is 9.37 Å². The summed E-state index contributed by atoms with van der Waals surface area (Å²) in [4.78, 5) is 36.1. The number of benzene rings is 2. The van der Waals surface area contributed by atoms with E-state index in [2.05, 4.69) is 15.9 Å². The van der Waals surface area contributed by atoms with Gasteiger partial charge in [0.2, 0.25) is 0 Å². The minimum atomic E-state index is -0.627. The van der Waals surface area contributed by atoms with Gasteiger partial charge in [-0.2, -0.15) is 0 Å². The second-order valence-electron chi connectivity index (χ2n) is 4.92. The monoisotopic (exact) mass is 406 g/mol. The van der Waals surface area contributed by atoms with Crippen LogP contribution < -0.4 is 4.90 Å². The third kappa shape index (κ3) is 2.72. The lowest BCUT2D eigenvalue weighted by Gasteiger charge is -2.14. The maximum absolute atomic E-state index is 12.6. The van der Waals surface area contributed by atoms with Gasteiger partial charge >= 0.3 is 0 Å². The predicted molar refractivity (Wildman–Crippen MR) is 92.5 cm³/mol. The molecule has 3 rings (SSSR count). The molecule has 2 aromatic rings. The number of non-ortho nitro benzene ring substituents is 1. The highest BCUT2D eigenvalue weighted by Gasteiger charge is 2.39. The summed E-state index contributed by atoms with van der Waals surface area (Å²) in [5, 5.41) is 10.5. The molecule has 1 aliphatic rings. The third-order valence-electron chi connectivity index (χ3n) is 3.48. The molecular formula is C16H8BrClN2O4. The number of rotatable bonds is 3. The number of nitro groups is 1. The van der Waals surface area contributed by atoms with Crippen LogP contribution in [0.15, 0.2) is 58.0 Å². The molecule has 0 unspecified atom stereocenters. The van der Waals surface area contributed by atoms with Crippen molar-refractivity contribution in [1.29, 1.82) is 0 Å². The van der Waals surface area contributed by atoms with Gasteiger partial charge in [0.15, 0.2) is 0 Å². The number of anilines is 1. The molecule has 0 atom stereocenters. The van der Waals surface area contributed by atoms with Gasteiger partial charge in [0.05, 0.1) is 16.2 Å². The molecule has 0 saturated carbocycles. The Labute approximate surface area is 149 Å². The van der Waals surface area contributed by atoms with Gasteiger partial charge in [-0.1, -0.05) is 27.5 Å². The van der Waals surface area contributed by atoms with Crippen LogP contribution in [0.1, 0.15) is 5.56 Å². The van der Waals surface area contributed by atoms with Crippen LogP contribution in [0.3, 0.4) is 0 Å². The molecule has 24 heavy (non-hydrogen) atoms. The minimum absolute atomic E-state index is 0.0273. The van der Waals surface area contributed by atoms with Crippen molar-refractivity contribution >= 4 is 56.3 Å². The van der Waals surface area contributed by atoms with Gasteiger partial charge in [-0.15, -0.1) is 0 Å². The standard InChI is InChI=1S/C16H8BrClN2O4/c17-10-3-7-11(8-4-10)19-15(21)13(14(18)16(19)22)9-1-5-12(6-2-9)20(23)24/h1-8H. The van der Waals surface area contributed by atoms with Gasteiger partial charge in [0.1, 0.15) is 5.03 Å². The molecule has 1 aliphatic heterocycles. The lowest BCUT2D eigenvalue weighted by Crippen LogP contribution is -2.31. The molecule has 0 aliphatic carbocycles. The van der Waals surface area contributed by atoms with Crippen molar-refractivity contribution in [2.45, 2.75) is 0 Å². The number of hydrogen-bond donors (Lipinski definition) is 0. The van der Waals surface area contributed by atoms with Crippen LogP contribution in [-0.2, 0) is 9.59 Å². The van der Waals surface area contributed by atoms with E-state index < -0.39 is 16.7 Å². The molecule has 8 heteroatoms. The molecule has 0 bridgehead atoms. The Kier molecular flexibility index (Phi) is 4.21. The van der Waals surface area contributed by atoms with Gasteiger partial charge in [0, 0.05) is 16.6 Å². The SMILES string of the molecule is O=C1C(Cl)=C(c2ccc([N+](=O)[O-])cc2)C(=O)N1c1ccc(Br)cc1. The predicted octanol–water partition coefficient (Wildman–Crippen LogP) is 3.88. The zero-order chi connectivity index (χ0) is 17.4. The lowest BCUT2D eigenvalue weighted by molar-refractivity contribution is -0.384. The Morgan fingerprint density at radius 1 is 0.958 bits per heavy atom. The van der Waals surface area contributed by atoms with Crippen molar-refractivity contribution < 1.29 is 14.5 Å². The van der Waals surface area contributed by atoms with E-state index in [1.807, 2.05) is 0 Å². The fourth-order valence-electron chi connectivity index (χ4n) is 2.33. The number of nitro benzene ring substituents is 1. The molecule has 0 spiro atoms. The summed E-state index contributed by atoms with van der Waals surface area (Å²) in [6.07, 6.45) is 0. The highest BCUT2D eigenvalue weighted by Crippen LogP contribution is 2.35. The highest BCUT2D eigenvalue weighted by molar-refractivity contribution is 9.10. The van der Waals surface area contributed by atoms with Gasteiger partial charge in [-0.05, 0) is 42.0 Å². The first-order valence-electron chi connectivity index (χ1n) is 6.69. The molecule has 0 radical (unpaired) electrons. The van der Waals surface area contributed by atoms with E-state index in [1.54, 1.807) is 24.3 Å². The van der Waals surface area contributed by atoms with Crippen molar-refractivity contribution in [3.63, 3.8) is 0 Å². The first-order chi connectivity index (χ1) is 11.4. The fourth-order valence-corrected chi connectivity index (χ4v) is 2.87. The van der Waals surface area contributed by atoms with Gasteiger partial charge in [-0.25, -0.2) is 4.90 Å². The van der Waals surface area contributed by atoms with Crippen LogP contribution in [0.4, 0.5) is 11.4 Å². The van der Waals surface area contributed by atoms with Gasteiger partial charge < -0.3 is 0 Å². The Bertz CT molecular complexity index is 891. The number of carbonyl (C=O) groups excluding carboxylic acids is 2. The summed E-state index contributed by atoms with van der Waals surface area (Å²) < 4.78 is 0.806. The van der Waals surface area contributed by atoms with Crippen molar-refractivity contribution in [3.05, 3.63) is 73.7 Å². The Balaban J connectivity index is 2.00. The van der Waals surface area contributed by atoms with E-state index in [1.165, 1.54) is 24.3 Å². The quantitative estimate of drug-likeness (QED) is 0.439. The van der Waals surface area contributed by atoms with Crippen LogP contribution in [0.5, 0.6) is 0 Å². The second kappa shape index (κ2) is 6.18. The number of nitrogens with zero attached hydrogens (tertiary/aromatic N) is 2. The maximum atomic E-state index is 12.6. The summed E-state index contributed by atoms with van der Waals surface area (Å²) in [5.74, 6) is -1.20. The van der Waals surface area contributed by atoms with Crippen LogP contribution in [0.2, 0.25) is 0 Å². The first kappa shape index (κ1) is 16.4. The fraction of sp³-hybridized carbons (Fsp3) is 0. The topological polar surface area (TPSA) is 80.5 Å². The molecule has 1 heterocycles. The molecule has 0 N–H and O–H groups in total. The molecule has 0 aromatic heterocycles.